The third kappa shape index (κ3) is 5.18. The van der Waals surface area contributed by atoms with Gasteiger partial charge < -0.3 is 5.32 Å². The SMILES string of the molecule is Cc1c(N(CC(=O)Nc2cc([N+](=O)[O-])ccc2Cl)S(C)(=O)=O)cccc1[N+](=O)[O-]. The van der Waals surface area contributed by atoms with Gasteiger partial charge in [0, 0.05) is 18.2 Å². The maximum atomic E-state index is 12.4. The first-order valence-corrected chi connectivity index (χ1v) is 10.1. The number of carbonyl (C=O) groups excluding carboxylic acids is 1. The minimum Gasteiger partial charge on any atom is -0.323 e. The predicted octanol–water partition coefficient (Wildman–Crippen LogP) is 2.87. The van der Waals surface area contributed by atoms with Crippen LogP contribution in [0.2, 0.25) is 5.02 Å². The van der Waals surface area contributed by atoms with Gasteiger partial charge in [-0.05, 0) is 19.1 Å². The Morgan fingerprint density at radius 3 is 2.38 bits per heavy atom. The van der Waals surface area contributed by atoms with Gasteiger partial charge in [0.25, 0.3) is 11.4 Å². The van der Waals surface area contributed by atoms with Gasteiger partial charge in [0.15, 0.2) is 0 Å². The molecule has 0 spiro atoms. The van der Waals surface area contributed by atoms with Crippen LogP contribution in [-0.4, -0.2) is 37.0 Å². The second kappa shape index (κ2) is 8.41. The molecule has 0 heterocycles. The van der Waals surface area contributed by atoms with Crippen molar-refractivity contribution in [3.63, 3.8) is 0 Å². The van der Waals surface area contributed by atoms with Gasteiger partial charge in [0.05, 0.1) is 38.1 Å². The Hall–Kier alpha value is -3.25. The van der Waals surface area contributed by atoms with Crippen molar-refractivity contribution < 1.29 is 23.1 Å². The maximum absolute atomic E-state index is 12.4. The Morgan fingerprint density at radius 2 is 1.83 bits per heavy atom. The number of non-ortho nitro benzene ring substituents is 1. The molecule has 2 aromatic rings. The lowest BCUT2D eigenvalue weighted by atomic mass is 10.1. The highest BCUT2D eigenvalue weighted by Gasteiger charge is 2.26. The van der Waals surface area contributed by atoms with Crippen LogP contribution in [0.1, 0.15) is 5.56 Å². The molecule has 29 heavy (non-hydrogen) atoms. The summed E-state index contributed by atoms with van der Waals surface area (Å²) >= 11 is 5.93. The number of rotatable bonds is 7. The second-order valence-corrected chi connectivity index (χ2v) is 8.23. The fourth-order valence-corrected chi connectivity index (χ4v) is 3.58. The fourth-order valence-electron chi connectivity index (χ4n) is 2.50. The van der Waals surface area contributed by atoms with E-state index in [-0.39, 0.29) is 33.3 Å². The highest BCUT2D eigenvalue weighted by atomic mass is 35.5. The van der Waals surface area contributed by atoms with Gasteiger partial charge in [-0.2, -0.15) is 0 Å². The number of benzene rings is 2. The summed E-state index contributed by atoms with van der Waals surface area (Å²) in [5.74, 6) is -0.844. The predicted molar refractivity (Wildman–Crippen MR) is 107 cm³/mol. The molecule has 1 amide bonds. The first-order valence-electron chi connectivity index (χ1n) is 7.87. The van der Waals surface area contributed by atoms with Crippen LogP contribution in [0.15, 0.2) is 36.4 Å². The number of hydrogen-bond donors (Lipinski definition) is 1. The fraction of sp³-hybridized carbons (Fsp3) is 0.188. The van der Waals surface area contributed by atoms with Gasteiger partial charge in [-0.25, -0.2) is 8.42 Å². The number of halogens is 1. The van der Waals surface area contributed by atoms with Crippen LogP contribution in [0.3, 0.4) is 0 Å². The number of carbonyl (C=O) groups is 1. The van der Waals surface area contributed by atoms with E-state index >= 15 is 0 Å². The molecule has 0 bridgehead atoms. The van der Waals surface area contributed by atoms with Crippen LogP contribution in [0.5, 0.6) is 0 Å². The van der Waals surface area contributed by atoms with E-state index in [0.717, 1.165) is 18.4 Å². The molecule has 0 aliphatic rings. The molecule has 2 aromatic carbocycles. The molecule has 0 fully saturated rings. The first-order chi connectivity index (χ1) is 13.4. The number of nitrogens with zero attached hydrogens (tertiary/aromatic N) is 3. The molecule has 0 aliphatic carbocycles. The lowest BCUT2D eigenvalue weighted by Gasteiger charge is -2.23. The molecule has 0 unspecified atom stereocenters. The zero-order chi connectivity index (χ0) is 21.9. The van der Waals surface area contributed by atoms with Crippen molar-refractivity contribution in [1.82, 2.24) is 0 Å². The third-order valence-electron chi connectivity index (χ3n) is 3.86. The molecular weight excluding hydrogens is 428 g/mol. The number of nitrogens with one attached hydrogen (secondary N) is 1. The van der Waals surface area contributed by atoms with E-state index in [1.807, 2.05) is 0 Å². The summed E-state index contributed by atoms with van der Waals surface area (Å²) in [5, 5.41) is 24.3. The summed E-state index contributed by atoms with van der Waals surface area (Å²) in [6, 6.07) is 7.23. The smallest absolute Gasteiger partial charge is 0.274 e. The molecule has 0 aromatic heterocycles. The Labute approximate surface area is 170 Å². The Bertz CT molecular complexity index is 1100. The first kappa shape index (κ1) is 22.0. The summed E-state index contributed by atoms with van der Waals surface area (Å²) in [6.07, 6.45) is 0.846. The summed E-state index contributed by atoms with van der Waals surface area (Å²) in [7, 11) is -3.99. The second-order valence-electron chi connectivity index (χ2n) is 5.92. The lowest BCUT2D eigenvalue weighted by Crippen LogP contribution is -2.38. The zero-order valence-corrected chi connectivity index (χ0v) is 16.7. The number of hydrogen-bond acceptors (Lipinski definition) is 7. The molecule has 0 atom stereocenters. The normalized spacial score (nSPS) is 11.0. The zero-order valence-electron chi connectivity index (χ0n) is 15.2. The van der Waals surface area contributed by atoms with Crippen LogP contribution in [0, 0.1) is 27.2 Å². The summed E-state index contributed by atoms with van der Waals surface area (Å²) in [5.41, 5.74) is -0.682. The van der Waals surface area contributed by atoms with Crippen LogP contribution in [-0.2, 0) is 14.8 Å². The van der Waals surface area contributed by atoms with E-state index in [9.17, 15) is 33.4 Å². The van der Waals surface area contributed by atoms with Crippen LogP contribution in [0.25, 0.3) is 0 Å². The highest BCUT2D eigenvalue weighted by molar-refractivity contribution is 7.92. The topological polar surface area (TPSA) is 153 Å². The Balaban J connectivity index is 2.37. The van der Waals surface area contributed by atoms with E-state index in [1.165, 1.54) is 31.2 Å². The molecule has 0 radical (unpaired) electrons. The van der Waals surface area contributed by atoms with Gasteiger partial charge in [-0.15, -0.1) is 0 Å². The van der Waals surface area contributed by atoms with E-state index < -0.39 is 32.3 Å². The molecule has 0 saturated heterocycles. The van der Waals surface area contributed by atoms with E-state index in [1.54, 1.807) is 0 Å². The Kier molecular flexibility index (Phi) is 6.39. The van der Waals surface area contributed by atoms with Gasteiger partial charge in [0.2, 0.25) is 15.9 Å². The minimum absolute atomic E-state index is 0.0152. The van der Waals surface area contributed by atoms with Crippen molar-refractivity contribution >= 4 is 50.3 Å². The van der Waals surface area contributed by atoms with Crippen molar-refractivity contribution in [3.8, 4) is 0 Å². The quantitative estimate of drug-likeness (QED) is 0.510. The van der Waals surface area contributed by atoms with Crippen molar-refractivity contribution in [2.45, 2.75) is 6.92 Å². The average molecular weight is 443 g/mol. The molecule has 13 heteroatoms. The molecular formula is C16H15ClN4O7S. The van der Waals surface area contributed by atoms with Crippen molar-refractivity contribution in [2.75, 3.05) is 22.4 Å². The van der Waals surface area contributed by atoms with Gasteiger partial charge in [-0.3, -0.25) is 29.3 Å². The molecule has 11 nitrogen and oxygen atoms in total. The van der Waals surface area contributed by atoms with E-state index in [2.05, 4.69) is 5.32 Å². The standard InChI is InChI=1S/C16H15ClN4O7S/c1-10-14(4-3-5-15(10)21(25)26)19(29(2,27)28)9-16(22)18-13-8-11(20(23)24)6-7-12(13)17/h3-8H,9H2,1-2H3,(H,18,22). The monoisotopic (exact) mass is 442 g/mol. The minimum atomic E-state index is -3.99. The number of amides is 1. The Morgan fingerprint density at radius 1 is 1.17 bits per heavy atom. The number of nitro benzene ring substituents is 2. The molecule has 0 saturated carbocycles. The summed E-state index contributed by atoms with van der Waals surface area (Å²) in [6.45, 7) is 0.640. The molecule has 1 N–H and O–H groups in total. The van der Waals surface area contributed by atoms with Crippen molar-refractivity contribution in [3.05, 3.63) is 67.2 Å². The maximum Gasteiger partial charge on any atom is 0.274 e. The van der Waals surface area contributed by atoms with Crippen molar-refractivity contribution in [1.29, 1.82) is 0 Å². The van der Waals surface area contributed by atoms with Crippen LogP contribution < -0.4 is 9.62 Å². The summed E-state index contributed by atoms with van der Waals surface area (Å²) in [4.78, 5) is 33.1. The number of sulfonamides is 1. The lowest BCUT2D eigenvalue weighted by molar-refractivity contribution is -0.385. The van der Waals surface area contributed by atoms with E-state index in [4.69, 9.17) is 11.6 Å². The average Bonchev–Trinajstić information content (AvgIpc) is 2.60. The van der Waals surface area contributed by atoms with Gasteiger partial charge in [-0.1, -0.05) is 17.7 Å². The molecule has 0 aliphatic heterocycles. The third-order valence-corrected chi connectivity index (χ3v) is 5.32. The van der Waals surface area contributed by atoms with Crippen LogP contribution >= 0.6 is 11.6 Å². The summed E-state index contributed by atoms with van der Waals surface area (Å²) < 4.78 is 25.2. The van der Waals surface area contributed by atoms with Crippen LogP contribution in [0.4, 0.5) is 22.7 Å². The van der Waals surface area contributed by atoms with Gasteiger partial charge in [0.1, 0.15) is 6.54 Å². The number of nitro groups is 2. The molecule has 154 valence electrons. The largest absolute Gasteiger partial charge is 0.323 e. The van der Waals surface area contributed by atoms with E-state index in [0.29, 0.717) is 4.31 Å². The van der Waals surface area contributed by atoms with Crippen molar-refractivity contribution in [2.24, 2.45) is 0 Å². The highest BCUT2D eigenvalue weighted by Crippen LogP contribution is 2.30. The number of anilines is 2. The van der Waals surface area contributed by atoms with Gasteiger partial charge >= 0.3 is 0 Å². The molecule has 2 rings (SSSR count).